The Morgan fingerprint density at radius 2 is 2.13 bits per heavy atom. The number of esters is 1. The maximum absolute atomic E-state index is 11.7. The molecule has 1 fully saturated rings. The molecule has 0 saturated carbocycles. The Kier molecular flexibility index (Phi) is 5.57. The van der Waals surface area contributed by atoms with Gasteiger partial charge in [-0.2, -0.15) is 5.26 Å². The summed E-state index contributed by atoms with van der Waals surface area (Å²) < 4.78 is 10.2. The molecule has 1 saturated heterocycles. The summed E-state index contributed by atoms with van der Waals surface area (Å²) in [5.74, 6) is -0.339. The highest BCUT2D eigenvalue weighted by molar-refractivity contribution is 5.86. The van der Waals surface area contributed by atoms with Crippen molar-refractivity contribution in [2.75, 3.05) is 29.9 Å². The topological polar surface area (TPSA) is 117 Å². The second-order valence-electron chi connectivity index (χ2n) is 6.68. The van der Waals surface area contributed by atoms with E-state index in [1.54, 1.807) is 19.2 Å². The van der Waals surface area contributed by atoms with Gasteiger partial charge in [0.1, 0.15) is 6.07 Å². The molecule has 1 N–H and O–H groups in total. The summed E-state index contributed by atoms with van der Waals surface area (Å²) in [5, 5.41) is 12.4. The molecule has 30 heavy (non-hydrogen) atoms. The van der Waals surface area contributed by atoms with Crippen LogP contribution in [0.2, 0.25) is 0 Å². The zero-order chi connectivity index (χ0) is 20.9. The number of carbonyl (C=O) groups excluding carboxylic acids is 1. The Bertz CT molecular complexity index is 1100. The molecular weight excluding hydrogens is 384 g/mol. The van der Waals surface area contributed by atoms with Gasteiger partial charge in [0, 0.05) is 24.8 Å². The number of oxazole rings is 1. The van der Waals surface area contributed by atoms with Crippen LogP contribution < -0.4 is 10.2 Å². The lowest BCUT2D eigenvalue weighted by atomic mass is 10.1. The molecule has 3 heterocycles. The average Bonchev–Trinajstić information content (AvgIpc) is 3.46. The quantitative estimate of drug-likeness (QED) is 0.616. The lowest BCUT2D eigenvalue weighted by Gasteiger charge is -2.19. The third-order valence-electron chi connectivity index (χ3n) is 4.72. The molecule has 0 radical (unpaired) electrons. The number of nitrogens with one attached hydrogen (secondary N) is 1. The molecule has 0 bridgehead atoms. The average molecular weight is 404 g/mol. The third-order valence-corrected chi connectivity index (χ3v) is 4.72. The molecule has 0 spiro atoms. The van der Waals surface area contributed by atoms with Crippen molar-refractivity contribution in [1.29, 1.82) is 5.26 Å². The molecule has 0 atom stereocenters. The fourth-order valence-corrected chi connectivity index (χ4v) is 3.32. The van der Waals surface area contributed by atoms with E-state index in [1.807, 2.05) is 18.2 Å². The van der Waals surface area contributed by atoms with E-state index in [0.29, 0.717) is 11.3 Å². The predicted octanol–water partition coefficient (Wildman–Crippen LogP) is 3.52. The van der Waals surface area contributed by atoms with Gasteiger partial charge in [0.15, 0.2) is 0 Å². The van der Waals surface area contributed by atoms with Crippen LogP contribution in [0.25, 0.3) is 11.3 Å². The number of hydrogen-bond donors (Lipinski definition) is 1. The lowest BCUT2D eigenvalue weighted by molar-refractivity contribution is 0.0491. The highest BCUT2D eigenvalue weighted by Gasteiger charge is 2.17. The summed E-state index contributed by atoms with van der Waals surface area (Å²) in [6.07, 6.45) is 5.17. The van der Waals surface area contributed by atoms with Gasteiger partial charge in [0.2, 0.25) is 11.7 Å². The van der Waals surface area contributed by atoms with Crippen LogP contribution in [0.4, 0.5) is 17.7 Å². The first-order valence-electron chi connectivity index (χ1n) is 9.70. The van der Waals surface area contributed by atoms with Crippen molar-refractivity contribution in [2.45, 2.75) is 19.8 Å². The molecule has 1 aliphatic rings. The standard InChI is InChI=1S/C21H20N6O3/c1-2-29-19(28)18-13-24-21(30-18)26-20-23-8-7-16(25-20)14-5-6-17(15(11-14)12-22)27-9-3-4-10-27/h5-8,11,13H,2-4,9-10H2,1H3,(H,23,24,25,26). The minimum Gasteiger partial charge on any atom is -0.460 e. The van der Waals surface area contributed by atoms with Crippen molar-refractivity contribution in [3.8, 4) is 17.3 Å². The van der Waals surface area contributed by atoms with Crippen LogP contribution in [-0.4, -0.2) is 40.6 Å². The maximum atomic E-state index is 11.7. The second-order valence-corrected chi connectivity index (χ2v) is 6.68. The van der Waals surface area contributed by atoms with E-state index in [2.05, 4.69) is 31.2 Å². The monoisotopic (exact) mass is 404 g/mol. The Morgan fingerprint density at radius 3 is 2.90 bits per heavy atom. The Labute approximate surface area is 173 Å². The summed E-state index contributed by atoms with van der Waals surface area (Å²) >= 11 is 0. The molecule has 152 valence electrons. The molecule has 1 aromatic carbocycles. The van der Waals surface area contributed by atoms with E-state index >= 15 is 0 Å². The van der Waals surface area contributed by atoms with Crippen LogP contribution in [0.3, 0.4) is 0 Å². The summed E-state index contributed by atoms with van der Waals surface area (Å²) in [6, 6.07) is 9.89. The normalized spacial score (nSPS) is 13.1. The predicted molar refractivity (Wildman–Crippen MR) is 109 cm³/mol. The summed E-state index contributed by atoms with van der Waals surface area (Å²) in [6.45, 7) is 3.90. The largest absolute Gasteiger partial charge is 0.460 e. The van der Waals surface area contributed by atoms with E-state index in [4.69, 9.17) is 9.15 Å². The van der Waals surface area contributed by atoms with Crippen molar-refractivity contribution in [3.05, 3.63) is 48.0 Å². The van der Waals surface area contributed by atoms with E-state index in [-0.39, 0.29) is 24.3 Å². The summed E-state index contributed by atoms with van der Waals surface area (Å²) in [5.41, 5.74) is 3.03. The molecule has 1 aliphatic heterocycles. The first-order valence-corrected chi connectivity index (χ1v) is 9.70. The fourth-order valence-electron chi connectivity index (χ4n) is 3.32. The smallest absolute Gasteiger partial charge is 0.376 e. The number of nitriles is 1. The van der Waals surface area contributed by atoms with Crippen LogP contribution >= 0.6 is 0 Å². The maximum Gasteiger partial charge on any atom is 0.376 e. The van der Waals surface area contributed by atoms with E-state index in [1.165, 1.54) is 6.20 Å². The molecule has 2 aromatic heterocycles. The zero-order valence-electron chi connectivity index (χ0n) is 16.5. The van der Waals surface area contributed by atoms with Gasteiger partial charge >= 0.3 is 12.0 Å². The number of aromatic nitrogens is 3. The van der Waals surface area contributed by atoms with Gasteiger partial charge in [0.05, 0.1) is 29.7 Å². The SMILES string of the molecule is CCOC(=O)c1cnc(Nc2nccc(-c3ccc(N4CCCC4)c(C#N)c3)n2)o1. The van der Waals surface area contributed by atoms with Crippen LogP contribution in [0.15, 0.2) is 41.1 Å². The van der Waals surface area contributed by atoms with E-state index < -0.39 is 5.97 Å². The summed E-state index contributed by atoms with van der Waals surface area (Å²) in [7, 11) is 0. The van der Waals surface area contributed by atoms with Crippen LogP contribution in [0.1, 0.15) is 35.9 Å². The minimum atomic E-state index is -0.588. The van der Waals surface area contributed by atoms with Crippen LogP contribution in [0, 0.1) is 11.3 Å². The highest BCUT2D eigenvalue weighted by Crippen LogP contribution is 2.29. The number of nitrogens with zero attached hydrogens (tertiary/aromatic N) is 5. The number of anilines is 3. The van der Waals surface area contributed by atoms with Gasteiger partial charge in [-0.05, 0) is 38.0 Å². The van der Waals surface area contributed by atoms with Crippen molar-refractivity contribution < 1.29 is 13.9 Å². The Balaban J connectivity index is 1.55. The van der Waals surface area contributed by atoms with Gasteiger partial charge in [-0.15, -0.1) is 0 Å². The molecule has 9 heteroatoms. The van der Waals surface area contributed by atoms with Gasteiger partial charge in [-0.3, -0.25) is 5.32 Å². The number of rotatable bonds is 6. The number of ether oxygens (including phenoxy) is 1. The van der Waals surface area contributed by atoms with Gasteiger partial charge < -0.3 is 14.1 Å². The van der Waals surface area contributed by atoms with E-state index in [0.717, 1.165) is 37.2 Å². The fraction of sp³-hybridized carbons (Fsp3) is 0.286. The number of benzene rings is 1. The Morgan fingerprint density at radius 1 is 1.30 bits per heavy atom. The molecule has 0 aliphatic carbocycles. The zero-order valence-corrected chi connectivity index (χ0v) is 16.5. The van der Waals surface area contributed by atoms with Crippen molar-refractivity contribution in [1.82, 2.24) is 15.0 Å². The Hall–Kier alpha value is -3.93. The van der Waals surface area contributed by atoms with E-state index in [9.17, 15) is 10.1 Å². The lowest BCUT2D eigenvalue weighted by Crippen LogP contribution is -2.18. The first-order chi connectivity index (χ1) is 14.7. The van der Waals surface area contributed by atoms with Crippen molar-refractivity contribution >= 4 is 23.6 Å². The second kappa shape index (κ2) is 8.61. The van der Waals surface area contributed by atoms with Gasteiger partial charge in [0.25, 0.3) is 0 Å². The van der Waals surface area contributed by atoms with Crippen molar-refractivity contribution in [3.63, 3.8) is 0 Å². The van der Waals surface area contributed by atoms with Crippen LogP contribution in [-0.2, 0) is 4.74 Å². The third kappa shape index (κ3) is 4.07. The molecule has 9 nitrogen and oxygen atoms in total. The molecule has 4 rings (SSSR count). The first kappa shape index (κ1) is 19.4. The minimum absolute atomic E-state index is 0.00771. The number of hydrogen-bond acceptors (Lipinski definition) is 9. The van der Waals surface area contributed by atoms with Gasteiger partial charge in [-0.25, -0.2) is 19.7 Å². The number of carbonyl (C=O) groups is 1. The molecular formula is C21H20N6O3. The van der Waals surface area contributed by atoms with Crippen molar-refractivity contribution in [2.24, 2.45) is 0 Å². The molecule has 0 unspecified atom stereocenters. The molecule has 0 amide bonds. The van der Waals surface area contributed by atoms with Crippen LogP contribution in [0.5, 0.6) is 0 Å². The molecule has 3 aromatic rings. The highest BCUT2D eigenvalue weighted by atomic mass is 16.5. The summed E-state index contributed by atoms with van der Waals surface area (Å²) in [4.78, 5) is 26.5. The van der Waals surface area contributed by atoms with Gasteiger partial charge in [-0.1, -0.05) is 6.07 Å².